The summed E-state index contributed by atoms with van der Waals surface area (Å²) in [5.41, 5.74) is 4.33. The van der Waals surface area contributed by atoms with E-state index in [4.69, 9.17) is 0 Å². The van der Waals surface area contributed by atoms with E-state index in [0.717, 1.165) is 5.92 Å². The van der Waals surface area contributed by atoms with Crippen LogP contribution in [-0.4, -0.2) is 6.21 Å². The molecule has 1 aliphatic heterocycles. The third-order valence-corrected chi connectivity index (χ3v) is 2.29. The van der Waals surface area contributed by atoms with E-state index in [9.17, 15) is 0 Å². The predicted octanol–water partition coefficient (Wildman–Crippen LogP) is 1.82. The summed E-state index contributed by atoms with van der Waals surface area (Å²) in [6.07, 6.45) is 11.9. The molecular formula is C9H12N2. The van der Waals surface area contributed by atoms with E-state index < -0.39 is 0 Å². The lowest BCUT2D eigenvalue weighted by molar-refractivity contribution is 0.351. The first-order valence-electron chi connectivity index (χ1n) is 4.13. The van der Waals surface area contributed by atoms with E-state index in [1.807, 2.05) is 12.2 Å². The zero-order valence-electron chi connectivity index (χ0n) is 6.46. The quantitative estimate of drug-likeness (QED) is 0.602. The van der Waals surface area contributed by atoms with Gasteiger partial charge < -0.3 is 0 Å². The maximum atomic E-state index is 4.03. The van der Waals surface area contributed by atoms with E-state index >= 15 is 0 Å². The van der Waals surface area contributed by atoms with Crippen molar-refractivity contribution < 1.29 is 0 Å². The average molecular weight is 148 g/mol. The lowest BCUT2D eigenvalue weighted by Crippen LogP contribution is -2.21. The Labute approximate surface area is 66.7 Å². The lowest BCUT2D eigenvalue weighted by atomic mass is 9.83. The van der Waals surface area contributed by atoms with Gasteiger partial charge in [0.05, 0.1) is 0 Å². The molecule has 2 nitrogen and oxygen atoms in total. The van der Waals surface area contributed by atoms with Crippen molar-refractivity contribution in [3.8, 4) is 0 Å². The molecule has 2 heteroatoms. The molecule has 1 N–H and O–H groups in total. The molecule has 0 aromatic rings. The first-order valence-corrected chi connectivity index (χ1v) is 4.13. The van der Waals surface area contributed by atoms with E-state index in [0.29, 0.717) is 0 Å². The number of rotatable bonds is 1. The number of nitrogens with one attached hydrogen (secondary N) is 1. The molecule has 0 spiro atoms. The highest BCUT2D eigenvalue weighted by Gasteiger charge is 2.21. The van der Waals surface area contributed by atoms with Crippen molar-refractivity contribution in [2.45, 2.75) is 19.3 Å². The van der Waals surface area contributed by atoms with Gasteiger partial charge in [-0.1, -0.05) is 12.5 Å². The third-order valence-electron chi connectivity index (χ3n) is 2.29. The Morgan fingerprint density at radius 1 is 1.36 bits per heavy atom. The number of hydrogen-bond donors (Lipinski definition) is 1. The van der Waals surface area contributed by atoms with Crippen molar-refractivity contribution in [3.05, 3.63) is 23.9 Å². The van der Waals surface area contributed by atoms with Gasteiger partial charge in [-0.15, -0.1) is 0 Å². The summed E-state index contributed by atoms with van der Waals surface area (Å²) in [5, 5.41) is 4.03. The van der Waals surface area contributed by atoms with Crippen LogP contribution in [0.15, 0.2) is 29.0 Å². The van der Waals surface area contributed by atoms with Crippen LogP contribution in [0.3, 0.4) is 0 Å². The Hall–Kier alpha value is -1.05. The minimum absolute atomic E-state index is 0.745. The summed E-state index contributed by atoms with van der Waals surface area (Å²) in [6, 6.07) is 0. The second-order valence-electron chi connectivity index (χ2n) is 3.02. The Morgan fingerprint density at radius 2 is 2.27 bits per heavy atom. The highest BCUT2D eigenvalue weighted by molar-refractivity contribution is 5.71. The lowest BCUT2D eigenvalue weighted by Gasteiger charge is -2.27. The fourth-order valence-corrected chi connectivity index (χ4v) is 1.35. The molecule has 1 aliphatic carbocycles. The standard InChI is InChI=1S/C9H12N2/c1-2-7-10-11-9(6-1)8-4-3-5-8/h1-2,6-8,11H,3-5H2. The van der Waals surface area contributed by atoms with Gasteiger partial charge in [0.2, 0.25) is 0 Å². The Bertz CT molecular complexity index is 222. The third kappa shape index (κ3) is 1.34. The summed E-state index contributed by atoms with van der Waals surface area (Å²) >= 11 is 0. The molecule has 0 bridgehead atoms. The molecule has 1 saturated carbocycles. The molecule has 1 fully saturated rings. The van der Waals surface area contributed by atoms with Crippen molar-refractivity contribution in [1.29, 1.82) is 0 Å². The minimum atomic E-state index is 0.745. The number of nitrogens with zero attached hydrogens (tertiary/aromatic N) is 1. The molecule has 58 valence electrons. The van der Waals surface area contributed by atoms with Crippen LogP contribution < -0.4 is 5.43 Å². The summed E-state index contributed by atoms with van der Waals surface area (Å²) in [7, 11) is 0. The predicted molar refractivity (Wildman–Crippen MR) is 46.2 cm³/mol. The topological polar surface area (TPSA) is 24.4 Å². The molecule has 0 aromatic carbocycles. The first kappa shape index (κ1) is 6.65. The second kappa shape index (κ2) is 2.91. The fraction of sp³-hybridized carbons (Fsp3) is 0.444. The van der Waals surface area contributed by atoms with Crippen LogP contribution in [0.25, 0.3) is 0 Å². The van der Waals surface area contributed by atoms with Crippen LogP contribution in [0.1, 0.15) is 19.3 Å². The SMILES string of the molecule is C1=CC=C(C2CCC2)NN=C1. The van der Waals surface area contributed by atoms with Crippen molar-refractivity contribution in [3.63, 3.8) is 0 Å². The van der Waals surface area contributed by atoms with Crippen LogP contribution in [-0.2, 0) is 0 Å². The van der Waals surface area contributed by atoms with E-state index in [1.54, 1.807) is 6.21 Å². The number of allylic oxidation sites excluding steroid dienone is 4. The Balaban J connectivity index is 2.06. The maximum Gasteiger partial charge on any atom is 0.0472 e. The van der Waals surface area contributed by atoms with Gasteiger partial charge in [0.25, 0.3) is 0 Å². The molecule has 11 heavy (non-hydrogen) atoms. The number of hydrogen-bond acceptors (Lipinski definition) is 2. The molecular weight excluding hydrogens is 136 g/mol. The minimum Gasteiger partial charge on any atom is -0.282 e. The zero-order valence-corrected chi connectivity index (χ0v) is 6.46. The highest BCUT2D eigenvalue weighted by atomic mass is 15.3. The summed E-state index contributed by atoms with van der Waals surface area (Å²) < 4.78 is 0. The van der Waals surface area contributed by atoms with Gasteiger partial charge in [0.15, 0.2) is 0 Å². The molecule has 0 unspecified atom stereocenters. The fourth-order valence-electron chi connectivity index (χ4n) is 1.35. The van der Waals surface area contributed by atoms with Gasteiger partial charge in [-0.25, -0.2) is 0 Å². The Morgan fingerprint density at radius 3 is 3.00 bits per heavy atom. The number of hydrazone groups is 1. The van der Waals surface area contributed by atoms with Crippen molar-refractivity contribution in [1.82, 2.24) is 5.43 Å². The zero-order chi connectivity index (χ0) is 7.52. The monoisotopic (exact) mass is 148 g/mol. The maximum absolute atomic E-state index is 4.03. The molecule has 1 heterocycles. The van der Waals surface area contributed by atoms with Crippen molar-refractivity contribution >= 4 is 6.21 Å². The van der Waals surface area contributed by atoms with Gasteiger partial charge in [0, 0.05) is 17.8 Å². The molecule has 0 atom stereocenters. The second-order valence-corrected chi connectivity index (χ2v) is 3.02. The van der Waals surface area contributed by atoms with Crippen LogP contribution >= 0.6 is 0 Å². The van der Waals surface area contributed by atoms with Crippen LogP contribution in [0.5, 0.6) is 0 Å². The normalized spacial score (nSPS) is 23.5. The van der Waals surface area contributed by atoms with Gasteiger partial charge in [-0.2, -0.15) is 5.10 Å². The van der Waals surface area contributed by atoms with Gasteiger partial charge >= 0.3 is 0 Å². The Kier molecular flexibility index (Phi) is 1.76. The van der Waals surface area contributed by atoms with Gasteiger partial charge in [-0.3, -0.25) is 5.43 Å². The smallest absolute Gasteiger partial charge is 0.0472 e. The highest BCUT2D eigenvalue weighted by Crippen LogP contribution is 2.31. The average Bonchev–Trinajstić information content (AvgIpc) is 2.12. The summed E-state index contributed by atoms with van der Waals surface area (Å²) in [6.45, 7) is 0. The van der Waals surface area contributed by atoms with E-state index in [-0.39, 0.29) is 0 Å². The van der Waals surface area contributed by atoms with E-state index in [1.165, 1.54) is 25.0 Å². The van der Waals surface area contributed by atoms with Crippen LogP contribution in [0.2, 0.25) is 0 Å². The summed E-state index contributed by atoms with van der Waals surface area (Å²) in [4.78, 5) is 0. The summed E-state index contributed by atoms with van der Waals surface area (Å²) in [5.74, 6) is 0.745. The molecule has 0 aromatic heterocycles. The van der Waals surface area contributed by atoms with Crippen LogP contribution in [0, 0.1) is 5.92 Å². The van der Waals surface area contributed by atoms with Crippen molar-refractivity contribution in [2.24, 2.45) is 11.0 Å². The van der Waals surface area contributed by atoms with Crippen molar-refractivity contribution in [2.75, 3.05) is 0 Å². The molecule has 0 amide bonds. The largest absolute Gasteiger partial charge is 0.282 e. The molecule has 2 rings (SSSR count). The molecule has 2 aliphatic rings. The first-order chi connectivity index (χ1) is 5.47. The van der Waals surface area contributed by atoms with Gasteiger partial charge in [-0.05, 0) is 25.0 Å². The van der Waals surface area contributed by atoms with Gasteiger partial charge in [0.1, 0.15) is 0 Å². The molecule has 0 saturated heterocycles. The van der Waals surface area contributed by atoms with E-state index in [2.05, 4.69) is 16.6 Å². The molecule has 0 radical (unpaired) electrons. The van der Waals surface area contributed by atoms with Crippen LogP contribution in [0.4, 0.5) is 0 Å².